The van der Waals surface area contributed by atoms with Gasteiger partial charge in [-0.15, -0.1) is 0 Å². The quantitative estimate of drug-likeness (QED) is 0.455. The van der Waals surface area contributed by atoms with Crippen molar-refractivity contribution in [2.75, 3.05) is 11.1 Å². The first-order chi connectivity index (χ1) is 15.8. The Labute approximate surface area is 195 Å². The Balaban J connectivity index is 1.45. The Morgan fingerprint density at radius 2 is 1.88 bits per heavy atom. The van der Waals surface area contributed by atoms with Crippen LogP contribution in [0, 0.1) is 27.7 Å². The first-order valence-electron chi connectivity index (χ1n) is 10.9. The number of aryl methyl sites for hydroxylation is 4. The van der Waals surface area contributed by atoms with Gasteiger partial charge in [-0.25, -0.2) is 9.67 Å². The molecule has 4 aromatic rings. The van der Waals surface area contributed by atoms with Gasteiger partial charge in [0.1, 0.15) is 5.39 Å². The van der Waals surface area contributed by atoms with Gasteiger partial charge < -0.3 is 5.32 Å². The highest BCUT2D eigenvalue weighted by Crippen LogP contribution is 2.34. The van der Waals surface area contributed by atoms with Gasteiger partial charge in [0.25, 0.3) is 5.56 Å². The maximum Gasteiger partial charge on any atom is 0.265 e. The van der Waals surface area contributed by atoms with Crippen LogP contribution in [0.2, 0.25) is 0 Å². The number of rotatable bonds is 4. The Morgan fingerprint density at radius 3 is 2.67 bits per heavy atom. The lowest BCUT2D eigenvalue weighted by Gasteiger charge is -2.15. The topological polar surface area (TPSA) is 81.8 Å². The molecule has 5 rings (SSSR count). The lowest BCUT2D eigenvalue weighted by atomic mass is 10.1. The Kier molecular flexibility index (Phi) is 5.32. The van der Waals surface area contributed by atoms with Crippen LogP contribution in [0.5, 0.6) is 0 Å². The van der Waals surface area contributed by atoms with E-state index in [1.54, 1.807) is 15.4 Å². The average molecular weight is 460 g/mol. The molecule has 1 amide bonds. The van der Waals surface area contributed by atoms with Gasteiger partial charge in [-0.05, 0) is 68.1 Å². The third-order valence-electron chi connectivity index (χ3n) is 6.19. The number of hydrogen-bond donors (Lipinski definition) is 1. The van der Waals surface area contributed by atoms with Crippen molar-refractivity contribution in [3.05, 3.63) is 75.2 Å². The summed E-state index contributed by atoms with van der Waals surface area (Å²) in [6, 6.07) is 11.8. The summed E-state index contributed by atoms with van der Waals surface area (Å²) in [5, 5.41) is 8.54. The Hall–Kier alpha value is -3.39. The highest BCUT2D eigenvalue weighted by Gasteiger charge is 2.29. The van der Waals surface area contributed by atoms with Crippen molar-refractivity contribution >= 4 is 34.4 Å². The summed E-state index contributed by atoms with van der Waals surface area (Å²) in [6.45, 7) is 8.07. The van der Waals surface area contributed by atoms with Gasteiger partial charge in [-0.2, -0.15) is 5.10 Å². The molecular formula is C25H25N5O2S. The number of carbonyl (C=O) groups is 1. The first kappa shape index (κ1) is 21.5. The minimum atomic E-state index is -0.246. The second-order valence-corrected chi connectivity index (χ2v) is 9.65. The number of amides is 1. The van der Waals surface area contributed by atoms with Gasteiger partial charge in [-0.1, -0.05) is 30.0 Å². The molecule has 168 valence electrons. The average Bonchev–Trinajstić information content (AvgIpc) is 3.38. The molecule has 1 atom stereocenters. The number of nitrogens with one attached hydrogen (secondary N) is 1. The summed E-state index contributed by atoms with van der Waals surface area (Å²) in [7, 11) is 0. The highest BCUT2D eigenvalue weighted by atomic mass is 32.2. The van der Waals surface area contributed by atoms with Crippen molar-refractivity contribution in [3.8, 4) is 5.69 Å². The fourth-order valence-electron chi connectivity index (χ4n) is 4.11. The van der Waals surface area contributed by atoms with Crippen LogP contribution < -0.4 is 10.9 Å². The van der Waals surface area contributed by atoms with Crippen molar-refractivity contribution in [2.24, 2.45) is 0 Å². The molecule has 1 N–H and O–H groups in total. The maximum atomic E-state index is 13.4. The normalized spacial score (nSPS) is 15.1. The second-order valence-electron chi connectivity index (χ2n) is 8.67. The fourth-order valence-corrected chi connectivity index (χ4v) is 5.24. The van der Waals surface area contributed by atoms with Gasteiger partial charge >= 0.3 is 0 Å². The zero-order valence-corrected chi connectivity index (χ0v) is 19.9. The zero-order valence-electron chi connectivity index (χ0n) is 19.0. The predicted molar refractivity (Wildman–Crippen MR) is 132 cm³/mol. The lowest BCUT2D eigenvalue weighted by Crippen LogP contribution is -2.27. The van der Waals surface area contributed by atoms with Crippen molar-refractivity contribution in [1.29, 1.82) is 0 Å². The summed E-state index contributed by atoms with van der Waals surface area (Å²) in [5.41, 5.74) is 6.51. The smallest absolute Gasteiger partial charge is 0.265 e. The first-order valence-corrected chi connectivity index (χ1v) is 11.9. The van der Waals surface area contributed by atoms with E-state index < -0.39 is 0 Å². The molecule has 1 aliphatic heterocycles. The van der Waals surface area contributed by atoms with Crippen LogP contribution in [0.4, 0.5) is 5.69 Å². The van der Waals surface area contributed by atoms with Gasteiger partial charge in [0.05, 0.1) is 17.9 Å². The minimum absolute atomic E-state index is 0.111. The third kappa shape index (κ3) is 3.84. The molecular weight excluding hydrogens is 434 g/mol. The number of thioether (sulfide) groups is 1. The van der Waals surface area contributed by atoms with Crippen LogP contribution in [0.25, 0.3) is 16.7 Å². The van der Waals surface area contributed by atoms with Crippen LogP contribution in [-0.4, -0.2) is 31.0 Å². The molecule has 1 unspecified atom stereocenters. The molecule has 0 fully saturated rings. The third-order valence-corrected chi connectivity index (χ3v) is 7.29. The van der Waals surface area contributed by atoms with E-state index in [1.165, 1.54) is 17.3 Å². The molecule has 0 spiro atoms. The van der Waals surface area contributed by atoms with Crippen LogP contribution in [0.15, 0.2) is 52.5 Å². The van der Waals surface area contributed by atoms with Crippen molar-refractivity contribution in [1.82, 2.24) is 19.3 Å². The summed E-state index contributed by atoms with van der Waals surface area (Å²) in [6.07, 6.45) is 1.79. The monoisotopic (exact) mass is 459 g/mol. The number of anilines is 1. The van der Waals surface area contributed by atoms with Crippen molar-refractivity contribution < 1.29 is 4.79 Å². The fraction of sp³-hybridized carbons (Fsp3) is 0.280. The molecule has 33 heavy (non-hydrogen) atoms. The van der Waals surface area contributed by atoms with Gasteiger partial charge in [0.15, 0.2) is 10.8 Å². The summed E-state index contributed by atoms with van der Waals surface area (Å²) < 4.78 is 3.37. The molecule has 0 radical (unpaired) electrons. The largest absolute Gasteiger partial charge is 0.326 e. The van der Waals surface area contributed by atoms with E-state index >= 15 is 0 Å². The molecule has 0 bridgehead atoms. The maximum absolute atomic E-state index is 13.4. The number of aromatic nitrogens is 4. The van der Waals surface area contributed by atoms with Crippen LogP contribution in [0.1, 0.15) is 34.7 Å². The zero-order chi connectivity index (χ0) is 23.3. The summed E-state index contributed by atoms with van der Waals surface area (Å²) in [4.78, 5) is 30.9. The van der Waals surface area contributed by atoms with E-state index in [0.717, 1.165) is 28.1 Å². The minimum Gasteiger partial charge on any atom is -0.326 e. The molecule has 1 aliphatic rings. The van der Waals surface area contributed by atoms with E-state index in [2.05, 4.69) is 17.3 Å². The summed E-state index contributed by atoms with van der Waals surface area (Å²) in [5.74, 6) is 0.520. The molecule has 0 saturated carbocycles. The molecule has 7 nitrogen and oxygen atoms in total. The van der Waals surface area contributed by atoms with Crippen LogP contribution in [-0.2, 0) is 4.79 Å². The number of nitrogens with zero attached hydrogens (tertiary/aromatic N) is 4. The van der Waals surface area contributed by atoms with Crippen LogP contribution >= 0.6 is 11.8 Å². The number of hydrogen-bond acceptors (Lipinski definition) is 5. The van der Waals surface area contributed by atoms with E-state index in [0.29, 0.717) is 21.9 Å². The van der Waals surface area contributed by atoms with Crippen LogP contribution in [0.3, 0.4) is 0 Å². The molecule has 0 aliphatic carbocycles. The van der Waals surface area contributed by atoms with Gasteiger partial charge in [-0.3, -0.25) is 14.2 Å². The van der Waals surface area contributed by atoms with E-state index in [9.17, 15) is 9.59 Å². The Bertz CT molecular complexity index is 1470. The Morgan fingerprint density at radius 1 is 1.09 bits per heavy atom. The van der Waals surface area contributed by atoms with Crippen molar-refractivity contribution in [3.63, 3.8) is 0 Å². The second kappa shape index (κ2) is 8.19. The van der Waals surface area contributed by atoms with Gasteiger partial charge in [0, 0.05) is 17.9 Å². The van der Waals surface area contributed by atoms with E-state index in [4.69, 9.17) is 4.98 Å². The molecule has 3 heterocycles. The number of benzene rings is 2. The predicted octanol–water partition coefficient (Wildman–Crippen LogP) is 4.49. The van der Waals surface area contributed by atoms with E-state index in [-0.39, 0.29) is 23.9 Å². The lowest BCUT2D eigenvalue weighted by molar-refractivity contribution is -0.116. The molecule has 8 heteroatoms. The molecule has 2 aromatic heterocycles. The summed E-state index contributed by atoms with van der Waals surface area (Å²) >= 11 is 1.50. The van der Waals surface area contributed by atoms with Gasteiger partial charge in [0.2, 0.25) is 5.91 Å². The molecule has 0 saturated heterocycles. The highest BCUT2D eigenvalue weighted by molar-refractivity contribution is 7.99. The standard InChI is InChI=1S/C25H25N5O2S/c1-14-5-6-16(3)21(9-14)27-22(31)11-19-13-33-25-28-23-20(24(32)29(19)25)12-26-30(23)18-8-7-15(2)17(4)10-18/h5-10,12,19H,11,13H2,1-4H3,(H,27,31). The number of fused-ring (bicyclic) bond motifs is 2. The SMILES string of the molecule is Cc1ccc(C)c(NC(=O)CC2CSc3nc4c(cnn4-c4ccc(C)c(C)c4)c(=O)n32)c1. The van der Waals surface area contributed by atoms with Crippen molar-refractivity contribution in [2.45, 2.75) is 45.3 Å². The molecule has 2 aromatic carbocycles. The number of carbonyl (C=O) groups excluding carboxylic acids is 1. The van der Waals surface area contributed by atoms with E-state index in [1.807, 2.05) is 57.2 Å².